The van der Waals surface area contributed by atoms with Gasteiger partial charge in [-0.05, 0) is 12.1 Å². The van der Waals surface area contributed by atoms with Crippen LogP contribution >= 0.6 is 34.8 Å². The van der Waals surface area contributed by atoms with E-state index in [2.05, 4.69) is 5.32 Å². The van der Waals surface area contributed by atoms with Crippen LogP contribution in [0.4, 0.5) is 4.79 Å². The number of hydrogen-bond donors (Lipinski definition) is 2. The van der Waals surface area contributed by atoms with Crippen molar-refractivity contribution >= 4 is 40.8 Å². The van der Waals surface area contributed by atoms with Gasteiger partial charge in [-0.2, -0.15) is 0 Å². The molecular formula is C8H7Cl3N2O. The van der Waals surface area contributed by atoms with Crippen LogP contribution in [0, 0.1) is 0 Å². The van der Waals surface area contributed by atoms with E-state index >= 15 is 0 Å². The van der Waals surface area contributed by atoms with Gasteiger partial charge >= 0.3 is 6.03 Å². The summed E-state index contributed by atoms with van der Waals surface area (Å²) in [5.74, 6) is 0. The van der Waals surface area contributed by atoms with Gasteiger partial charge in [0.2, 0.25) is 0 Å². The van der Waals surface area contributed by atoms with Crippen LogP contribution in [0.25, 0.3) is 0 Å². The number of hydrogen-bond acceptors (Lipinski definition) is 1. The molecule has 0 unspecified atom stereocenters. The summed E-state index contributed by atoms with van der Waals surface area (Å²) in [6.07, 6.45) is 0. The Kier molecular flexibility index (Phi) is 3.86. The quantitative estimate of drug-likeness (QED) is 0.782. The monoisotopic (exact) mass is 252 g/mol. The van der Waals surface area contributed by atoms with Crippen molar-refractivity contribution < 1.29 is 4.79 Å². The molecule has 1 rings (SSSR count). The Morgan fingerprint density at radius 1 is 1.29 bits per heavy atom. The van der Waals surface area contributed by atoms with E-state index in [-0.39, 0.29) is 6.54 Å². The van der Waals surface area contributed by atoms with Crippen molar-refractivity contribution in [3.05, 3.63) is 32.8 Å². The van der Waals surface area contributed by atoms with Crippen LogP contribution in [0.15, 0.2) is 12.1 Å². The fraction of sp³-hybridized carbons (Fsp3) is 0.125. The molecule has 0 aliphatic heterocycles. The molecule has 6 heteroatoms. The van der Waals surface area contributed by atoms with Crippen molar-refractivity contribution in [1.29, 1.82) is 0 Å². The Labute approximate surface area is 96.1 Å². The molecule has 0 atom stereocenters. The van der Waals surface area contributed by atoms with Gasteiger partial charge in [0.15, 0.2) is 0 Å². The second kappa shape index (κ2) is 4.73. The van der Waals surface area contributed by atoms with Gasteiger partial charge in [-0.3, -0.25) is 0 Å². The molecular weight excluding hydrogens is 246 g/mol. The summed E-state index contributed by atoms with van der Waals surface area (Å²) < 4.78 is 0. The summed E-state index contributed by atoms with van der Waals surface area (Å²) in [4.78, 5) is 10.5. The molecule has 0 radical (unpaired) electrons. The first-order chi connectivity index (χ1) is 6.52. The number of urea groups is 1. The number of nitrogens with one attached hydrogen (secondary N) is 1. The minimum absolute atomic E-state index is 0.160. The average Bonchev–Trinajstić information content (AvgIpc) is 2.11. The van der Waals surface area contributed by atoms with Gasteiger partial charge in [0.05, 0.1) is 10.0 Å². The normalized spacial score (nSPS) is 9.93. The molecule has 0 saturated carbocycles. The van der Waals surface area contributed by atoms with Crippen LogP contribution in [0.2, 0.25) is 15.1 Å². The number of carbonyl (C=O) groups excluding carboxylic acids is 1. The molecule has 2 amide bonds. The van der Waals surface area contributed by atoms with Gasteiger partial charge < -0.3 is 11.1 Å². The first-order valence-corrected chi connectivity index (χ1v) is 4.81. The Balaban J connectivity index is 2.95. The molecule has 3 nitrogen and oxygen atoms in total. The average molecular weight is 254 g/mol. The number of carbonyl (C=O) groups is 1. The largest absolute Gasteiger partial charge is 0.352 e. The summed E-state index contributed by atoms with van der Waals surface area (Å²) in [7, 11) is 0. The highest BCUT2D eigenvalue weighted by Gasteiger charge is 2.09. The smallest absolute Gasteiger partial charge is 0.312 e. The van der Waals surface area contributed by atoms with Gasteiger partial charge in [0, 0.05) is 17.1 Å². The molecule has 14 heavy (non-hydrogen) atoms. The summed E-state index contributed by atoms with van der Waals surface area (Å²) in [6.45, 7) is 0.160. The zero-order chi connectivity index (χ0) is 10.7. The van der Waals surface area contributed by atoms with Crippen LogP contribution in [-0.4, -0.2) is 6.03 Å². The Morgan fingerprint density at radius 3 is 2.43 bits per heavy atom. The van der Waals surface area contributed by atoms with Gasteiger partial charge in [-0.15, -0.1) is 0 Å². The molecule has 0 spiro atoms. The van der Waals surface area contributed by atoms with Crippen LogP contribution in [0.5, 0.6) is 0 Å². The zero-order valence-corrected chi connectivity index (χ0v) is 9.25. The molecule has 1 aromatic carbocycles. The second-order valence-corrected chi connectivity index (χ2v) is 3.73. The van der Waals surface area contributed by atoms with E-state index in [1.54, 1.807) is 12.1 Å². The van der Waals surface area contributed by atoms with Crippen LogP contribution in [0.1, 0.15) is 5.56 Å². The van der Waals surface area contributed by atoms with E-state index in [1.807, 2.05) is 0 Å². The molecule has 0 aliphatic carbocycles. The topological polar surface area (TPSA) is 55.1 Å². The molecule has 1 aromatic rings. The lowest BCUT2D eigenvalue weighted by Crippen LogP contribution is -2.28. The number of halogens is 3. The summed E-state index contributed by atoms with van der Waals surface area (Å²) in [6, 6.07) is 2.55. The molecule has 0 saturated heterocycles. The highest BCUT2D eigenvalue weighted by molar-refractivity contribution is 6.44. The predicted octanol–water partition coefficient (Wildman–Crippen LogP) is 2.82. The summed E-state index contributed by atoms with van der Waals surface area (Å²) in [5, 5.41) is 3.53. The van der Waals surface area contributed by atoms with Crippen molar-refractivity contribution in [3.63, 3.8) is 0 Å². The Hall–Kier alpha value is -0.640. The highest BCUT2D eigenvalue weighted by atomic mass is 35.5. The van der Waals surface area contributed by atoms with E-state index in [0.717, 1.165) is 0 Å². The lowest BCUT2D eigenvalue weighted by atomic mass is 10.2. The third kappa shape index (κ3) is 2.67. The molecule has 3 N–H and O–H groups in total. The van der Waals surface area contributed by atoms with Crippen molar-refractivity contribution in [3.8, 4) is 0 Å². The number of nitrogens with two attached hydrogens (primary N) is 1. The third-order valence-corrected chi connectivity index (χ3v) is 2.78. The third-order valence-electron chi connectivity index (χ3n) is 1.58. The van der Waals surface area contributed by atoms with E-state index in [0.29, 0.717) is 20.6 Å². The summed E-state index contributed by atoms with van der Waals surface area (Å²) in [5.41, 5.74) is 5.46. The van der Waals surface area contributed by atoms with Gasteiger partial charge in [0.25, 0.3) is 0 Å². The SMILES string of the molecule is NC(=O)NCc1c(Cl)ccc(Cl)c1Cl. The number of amides is 2. The number of rotatable bonds is 2. The van der Waals surface area contributed by atoms with E-state index in [9.17, 15) is 4.79 Å². The summed E-state index contributed by atoms with van der Waals surface area (Å²) >= 11 is 17.5. The molecule has 0 aromatic heterocycles. The zero-order valence-electron chi connectivity index (χ0n) is 6.98. The maximum Gasteiger partial charge on any atom is 0.312 e. The molecule has 0 bridgehead atoms. The van der Waals surface area contributed by atoms with E-state index in [1.165, 1.54) is 0 Å². The Morgan fingerprint density at radius 2 is 1.86 bits per heavy atom. The van der Waals surface area contributed by atoms with E-state index < -0.39 is 6.03 Å². The molecule has 0 fully saturated rings. The van der Waals surface area contributed by atoms with Gasteiger partial charge in [-0.1, -0.05) is 34.8 Å². The highest BCUT2D eigenvalue weighted by Crippen LogP contribution is 2.31. The maximum atomic E-state index is 10.5. The Bertz CT molecular complexity index is 368. The lowest BCUT2D eigenvalue weighted by molar-refractivity contribution is 0.248. The first-order valence-electron chi connectivity index (χ1n) is 3.68. The molecule has 0 heterocycles. The minimum atomic E-state index is -0.642. The van der Waals surface area contributed by atoms with E-state index in [4.69, 9.17) is 40.5 Å². The standard InChI is InChI=1S/C8H7Cl3N2O/c9-5-1-2-6(10)7(11)4(5)3-13-8(12)14/h1-2H,3H2,(H3,12,13,14). The lowest BCUT2D eigenvalue weighted by Gasteiger charge is -2.08. The second-order valence-electron chi connectivity index (χ2n) is 2.54. The minimum Gasteiger partial charge on any atom is -0.352 e. The van der Waals surface area contributed by atoms with Crippen molar-refractivity contribution in [2.24, 2.45) is 5.73 Å². The molecule has 0 aliphatic rings. The fourth-order valence-corrected chi connectivity index (χ4v) is 1.59. The van der Waals surface area contributed by atoms with Gasteiger partial charge in [0.1, 0.15) is 0 Å². The maximum absolute atomic E-state index is 10.5. The van der Waals surface area contributed by atoms with Crippen molar-refractivity contribution in [2.75, 3.05) is 0 Å². The number of benzene rings is 1. The van der Waals surface area contributed by atoms with Crippen LogP contribution in [-0.2, 0) is 6.54 Å². The van der Waals surface area contributed by atoms with Crippen LogP contribution in [0.3, 0.4) is 0 Å². The molecule has 76 valence electrons. The van der Waals surface area contributed by atoms with Crippen molar-refractivity contribution in [1.82, 2.24) is 5.32 Å². The predicted molar refractivity (Wildman–Crippen MR) is 57.9 cm³/mol. The van der Waals surface area contributed by atoms with Gasteiger partial charge in [-0.25, -0.2) is 4.79 Å². The van der Waals surface area contributed by atoms with Crippen LogP contribution < -0.4 is 11.1 Å². The number of primary amides is 1. The first kappa shape index (κ1) is 11.4. The van der Waals surface area contributed by atoms with Crippen molar-refractivity contribution in [2.45, 2.75) is 6.54 Å². The fourth-order valence-electron chi connectivity index (χ4n) is 0.907.